The number of carbonyl (C=O) groups is 2. The minimum atomic E-state index is -2.97. The van der Waals surface area contributed by atoms with Crippen molar-refractivity contribution >= 4 is 68.3 Å². The second-order valence-corrected chi connectivity index (χ2v) is 34.5. The standard InChI is InChI=1S/C23H27FN6O.C21H22FN6O2.3C4H9.Sn/c1-15-7-10-28(14-15)23(31)26-19-13-25-30-11-8-21(27-22(19)30)29-9-3-4-20(29)17-5-6-18(24)16(2)12-17;22-15-5-3-14(4-6-15)18-2-1-9-27(18)19-8-11-28-20(25-19)17(12-23-28)24-21(30)26-10-7-16(29)13-26;3*1-3-4-2;/h5-6,8,11-13,15,20H,3-4,7,9-10,14H2,1-2H3,(H,26,31);3-5,8,11-12,16,18,29H,1-2,7,9-10,13H2,(H,24,30);3*1,3-4H2,2H3;/t15-,20+;16-,18+;;;;/m00..../s1. The van der Waals surface area contributed by atoms with Gasteiger partial charge in [-0.2, -0.15) is 5.10 Å². The van der Waals surface area contributed by atoms with Crippen molar-refractivity contribution in [3.05, 3.63) is 102 Å². The molecule has 6 aromatic rings. The molecule has 4 saturated heterocycles. The van der Waals surface area contributed by atoms with Crippen LogP contribution < -0.4 is 24.0 Å². The molecule has 4 aromatic heterocycles. The van der Waals surface area contributed by atoms with Gasteiger partial charge in [-0.3, -0.25) is 0 Å². The first kappa shape index (κ1) is 53.3. The summed E-state index contributed by atoms with van der Waals surface area (Å²) >= 11 is -2.97. The number of halogens is 2. The molecular weight excluding hydrogens is 1050 g/mol. The van der Waals surface area contributed by atoms with Gasteiger partial charge < -0.3 is 20.2 Å². The number of aliphatic hydroxyl groups is 1. The number of carbonyl (C=O) groups excluding carboxylic acids is 2. The second-order valence-electron chi connectivity index (χ2n) is 21.4. The maximum Gasteiger partial charge on any atom is 0.321 e. The first-order valence-electron chi connectivity index (χ1n) is 27.5. The van der Waals surface area contributed by atoms with Gasteiger partial charge in [-0.25, -0.2) is 18.7 Å². The fourth-order valence-electron chi connectivity index (χ4n) is 11.8. The van der Waals surface area contributed by atoms with Crippen molar-refractivity contribution in [3.8, 4) is 0 Å². The van der Waals surface area contributed by atoms with Crippen LogP contribution in [0.1, 0.15) is 134 Å². The van der Waals surface area contributed by atoms with Gasteiger partial charge in [0.05, 0.1) is 18.3 Å². The van der Waals surface area contributed by atoms with Crippen molar-refractivity contribution in [2.75, 3.05) is 59.7 Å². The number of urea groups is 2. The number of aryl methyl sites for hydroxylation is 1. The van der Waals surface area contributed by atoms with E-state index in [-0.39, 0.29) is 35.8 Å². The fourth-order valence-corrected chi connectivity index (χ4v) is 28.1. The van der Waals surface area contributed by atoms with Gasteiger partial charge in [-0.15, -0.1) is 0 Å². The number of hydrogen-bond acceptors (Lipinski definition) is 9. The monoisotopic (exact) mass is 1120 g/mol. The zero-order chi connectivity index (χ0) is 51.9. The number of hydrogen-bond donors (Lipinski definition) is 3. The zero-order valence-electron chi connectivity index (χ0n) is 44.1. The van der Waals surface area contributed by atoms with E-state index in [9.17, 15) is 19.1 Å². The van der Waals surface area contributed by atoms with E-state index in [0.717, 1.165) is 79.1 Å². The van der Waals surface area contributed by atoms with E-state index in [0.29, 0.717) is 53.7 Å². The Kier molecular flexibility index (Phi) is 17.3. The van der Waals surface area contributed by atoms with Gasteiger partial charge in [0.15, 0.2) is 5.65 Å². The first-order valence-corrected chi connectivity index (χ1v) is 34.9. The minimum Gasteiger partial charge on any atom is -0.349 e. The van der Waals surface area contributed by atoms with Crippen molar-refractivity contribution in [1.82, 2.24) is 39.0 Å². The van der Waals surface area contributed by atoms with Gasteiger partial charge in [0.1, 0.15) is 17.3 Å². The van der Waals surface area contributed by atoms with Crippen LogP contribution in [0.15, 0.2) is 73.3 Å². The van der Waals surface area contributed by atoms with Crippen LogP contribution in [-0.4, -0.2) is 120 Å². The molecular formula is C56H76F2N12O3Sn. The molecule has 4 atom stereocenters. The van der Waals surface area contributed by atoms with Crippen molar-refractivity contribution < 1.29 is 23.5 Å². The molecule has 15 nitrogen and oxygen atoms in total. The van der Waals surface area contributed by atoms with Gasteiger partial charge in [0, 0.05) is 38.9 Å². The van der Waals surface area contributed by atoms with Gasteiger partial charge in [-0.1, -0.05) is 19.1 Å². The van der Waals surface area contributed by atoms with Crippen LogP contribution in [0.5, 0.6) is 0 Å². The Morgan fingerprint density at radius 1 is 0.662 bits per heavy atom. The third-order valence-electron chi connectivity index (χ3n) is 16.0. The second kappa shape index (κ2) is 24.0. The van der Waals surface area contributed by atoms with E-state index >= 15 is 4.39 Å². The Morgan fingerprint density at radius 2 is 1.16 bits per heavy atom. The Bertz CT molecular complexity index is 2870. The third-order valence-corrected chi connectivity index (χ3v) is 31.6. The van der Waals surface area contributed by atoms with Crippen LogP contribution >= 0.6 is 0 Å². The van der Waals surface area contributed by atoms with E-state index in [4.69, 9.17) is 9.97 Å². The number of β-amino-alcohol motifs (C(OH)–C–C–N with tert-alkyl or cyclic N) is 1. The maximum absolute atomic E-state index is 15.8. The number of anilines is 4. The molecule has 0 radical (unpaired) electrons. The number of aliphatic hydroxyl groups excluding tert-OH is 1. The molecule has 4 aliphatic heterocycles. The maximum atomic E-state index is 15.8. The fraction of sp³-hybridized carbons (Fsp3) is 0.536. The Labute approximate surface area is 439 Å². The molecule has 4 fully saturated rings. The number of rotatable bonds is 16. The largest absolute Gasteiger partial charge is 0.349 e. The molecule has 0 bridgehead atoms. The van der Waals surface area contributed by atoms with E-state index in [1.165, 1.54) is 57.4 Å². The third kappa shape index (κ3) is 11.8. The molecule has 4 aliphatic rings. The summed E-state index contributed by atoms with van der Waals surface area (Å²) in [6.07, 6.45) is 19.4. The molecule has 0 aliphatic carbocycles. The number of fused-ring (bicyclic) bond motifs is 2. The van der Waals surface area contributed by atoms with E-state index in [1.54, 1.807) is 45.4 Å². The normalized spacial score (nSPS) is 20.0. The smallest absolute Gasteiger partial charge is 0.321 e. The Balaban J connectivity index is 0.000000191. The number of benzene rings is 2. The van der Waals surface area contributed by atoms with Crippen molar-refractivity contribution in [3.63, 3.8) is 0 Å². The van der Waals surface area contributed by atoms with Crippen LogP contribution in [0.4, 0.5) is 41.4 Å². The van der Waals surface area contributed by atoms with Crippen LogP contribution in [0.2, 0.25) is 13.3 Å². The average molecular weight is 1120 g/mol. The number of nitrogens with zero attached hydrogens (tertiary/aromatic N) is 10. The molecule has 0 unspecified atom stereocenters. The number of nitrogens with one attached hydrogen (secondary N) is 2. The molecule has 18 heteroatoms. The summed E-state index contributed by atoms with van der Waals surface area (Å²) in [7, 11) is 0. The van der Waals surface area contributed by atoms with Crippen LogP contribution in [0.25, 0.3) is 11.3 Å². The summed E-state index contributed by atoms with van der Waals surface area (Å²) < 4.78 is 37.8. The first-order chi connectivity index (χ1) is 35.9. The van der Waals surface area contributed by atoms with Crippen molar-refractivity contribution in [1.29, 1.82) is 0 Å². The van der Waals surface area contributed by atoms with Crippen LogP contribution in [0.3, 0.4) is 0 Å². The Hall–Kier alpha value is -5.56. The SMILES string of the molecule is CCC[CH2][Sn]([CH2]CCC)([CH2]CCC)[c]1cc([C@H]2CCCN2c2ccn3ncc(NC(=O)N4CC[C@H](O)C4)c3n2)ccc1F.Cc1cc([C@H]2CCCN2c2ccn3ncc(NC(=O)N4CC[C@H](C)C4)c3n2)ccc1F. The van der Waals surface area contributed by atoms with Crippen LogP contribution in [0, 0.1) is 24.5 Å². The van der Waals surface area contributed by atoms with Gasteiger partial charge in [0.25, 0.3) is 0 Å². The number of amides is 4. The quantitative estimate of drug-likeness (QED) is 0.0805. The molecule has 4 amide bonds. The van der Waals surface area contributed by atoms with Gasteiger partial charge >= 0.3 is 236 Å². The molecule has 0 saturated carbocycles. The van der Waals surface area contributed by atoms with E-state index in [1.807, 2.05) is 47.6 Å². The number of unbranched alkanes of at least 4 members (excludes halogenated alkanes) is 3. The van der Waals surface area contributed by atoms with Crippen LogP contribution in [-0.2, 0) is 0 Å². The van der Waals surface area contributed by atoms with Gasteiger partial charge in [-0.05, 0) is 61.8 Å². The zero-order valence-corrected chi connectivity index (χ0v) is 46.9. The minimum absolute atomic E-state index is 0.0251. The topological polar surface area (TPSA) is 152 Å². The van der Waals surface area contributed by atoms with Gasteiger partial charge in [0.2, 0.25) is 0 Å². The summed E-state index contributed by atoms with van der Waals surface area (Å²) in [5, 5.41) is 24.5. The van der Waals surface area contributed by atoms with E-state index < -0.39 is 24.5 Å². The Morgan fingerprint density at radius 3 is 1.64 bits per heavy atom. The molecule has 2 aromatic carbocycles. The summed E-state index contributed by atoms with van der Waals surface area (Å²) in [4.78, 5) is 43.4. The number of likely N-dealkylation sites (tertiary alicyclic amines) is 2. The van der Waals surface area contributed by atoms with Crippen molar-refractivity contribution in [2.24, 2.45) is 5.92 Å². The predicted octanol–water partition coefficient (Wildman–Crippen LogP) is 11.3. The average Bonchev–Trinajstić information content (AvgIpc) is 4.29. The molecule has 396 valence electrons. The molecule has 10 rings (SSSR count). The molecule has 74 heavy (non-hydrogen) atoms. The molecule has 0 spiro atoms. The summed E-state index contributed by atoms with van der Waals surface area (Å²) in [6, 6.07) is 15.2. The van der Waals surface area contributed by atoms with Crippen molar-refractivity contribution in [2.45, 2.75) is 143 Å². The summed E-state index contributed by atoms with van der Waals surface area (Å²) in [5.74, 6) is 2.05. The molecule has 8 heterocycles. The van der Waals surface area contributed by atoms with E-state index in [2.05, 4.69) is 64.4 Å². The predicted molar refractivity (Wildman–Crippen MR) is 292 cm³/mol. The number of aromatic nitrogens is 6. The summed E-state index contributed by atoms with van der Waals surface area (Å²) in [5.41, 5.74) is 5.34. The molecule has 3 N–H and O–H groups in total. The summed E-state index contributed by atoms with van der Waals surface area (Å²) in [6.45, 7) is 14.9.